The predicted octanol–water partition coefficient (Wildman–Crippen LogP) is 5.03. The summed E-state index contributed by atoms with van der Waals surface area (Å²) in [5.74, 6) is 0.0239. The maximum absolute atomic E-state index is 12.5. The van der Waals surface area contributed by atoms with Gasteiger partial charge in [-0.15, -0.1) is 11.8 Å². The lowest BCUT2D eigenvalue weighted by molar-refractivity contribution is 0.0824. The van der Waals surface area contributed by atoms with E-state index in [1.165, 1.54) is 0 Å². The fraction of sp³-hybridized carbons (Fsp3) is 0.300. The molecule has 0 saturated heterocycles. The first-order chi connectivity index (χ1) is 11.5. The first kappa shape index (κ1) is 18.3. The first-order valence-corrected chi connectivity index (χ1v) is 9.01. The van der Waals surface area contributed by atoms with Crippen molar-refractivity contribution in [1.29, 1.82) is 0 Å². The average molecular weight is 340 g/mol. The van der Waals surface area contributed by atoms with Crippen LogP contribution in [0, 0.1) is 0 Å². The van der Waals surface area contributed by atoms with Crippen molar-refractivity contribution in [1.82, 2.24) is 4.90 Å². The average Bonchev–Trinajstić information content (AvgIpc) is 2.60. The second-order valence-electron chi connectivity index (χ2n) is 5.85. The lowest BCUT2D eigenvalue weighted by Crippen LogP contribution is -2.23. The largest absolute Gasteiger partial charge is 0.345 e. The van der Waals surface area contributed by atoms with Gasteiger partial charge in [0.1, 0.15) is 0 Å². The molecule has 0 N–H and O–H groups in total. The van der Waals surface area contributed by atoms with E-state index in [0.717, 1.165) is 28.1 Å². The molecule has 0 saturated carbocycles. The van der Waals surface area contributed by atoms with Gasteiger partial charge in [-0.3, -0.25) is 9.79 Å². The molecule has 3 nitrogen and oxygen atoms in total. The molecule has 24 heavy (non-hydrogen) atoms. The van der Waals surface area contributed by atoms with E-state index in [1.54, 1.807) is 30.8 Å². The maximum Gasteiger partial charge on any atom is 0.254 e. The van der Waals surface area contributed by atoms with E-state index in [4.69, 9.17) is 0 Å². The molecule has 2 rings (SSSR count). The van der Waals surface area contributed by atoms with E-state index in [9.17, 15) is 4.79 Å². The smallest absolute Gasteiger partial charge is 0.254 e. The molecule has 0 bridgehead atoms. The summed E-state index contributed by atoms with van der Waals surface area (Å²) in [7, 11) is 3.57. The van der Waals surface area contributed by atoms with Gasteiger partial charge in [-0.05, 0) is 24.6 Å². The van der Waals surface area contributed by atoms with Crippen LogP contribution in [0.1, 0.15) is 36.2 Å². The summed E-state index contributed by atoms with van der Waals surface area (Å²) >= 11 is 1.74. The molecule has 0 heterocycles. The van der Waals surface area contributed by atoms with Gasteiger partial charge in [0, 0.05) is 36.0 Å². The summed E-state index contributed by atoms with van der Waals surface area (Å²) in [6.07, 6.45) is 2.90. The van der Waals surface area contributed by atoms with Crippen LogP contribution in [0.4, 0.5) is 5.69 Å². The summed E-state index contributed by atoms with van der Waals surface area (Å²) in [5, 5.41) is 0.435. The molecular weight excluding hydrogens is 316 g/mol. The van der Waals surface area contributed by atoms with Crippen molar-refractivity contribution in [3.8, 4) is 0 Å². The summed E-state index contributed by atoms with van der Waals surface area (Å²) in [5.41, 5.74) is 2.63. The number of hydrogen-bond donors (Lipinski definition) is 0. The fourth-order valence-electron chi connectivity index (χ4n) is 2.14. The zero-order valence-corrected chi connectivity index (χ0v) is 15.5. The molecule has 4 heteroatoms. The molecule has 126 valence electrons. The van der Waals surface area contributed by atoms with Crippen LogP contribution in [0.15, 0.2) is 58.4 Å². The number of thioether (sulfide) groups is 1. The molecule has 2 aromatic carbocycles. The molecule has 0 aromatic heterocycles. The topological polar surface area (TPSA) is 32.7 Å². The molecule has 0 aliphatic rings. The quantitative estimate of drug-likeness (QED) is 0.546. The summed E-state index contributed by atoms with van der Waals surface area (Å²) < 4.78 is 0. The van der Waals surface area contributed by atoms with Crippen molar-refractivity contribution < 1.29 is 4.79 Å². The number of amides is 1. The zero-order chi connectivity index (χ0) is 17.5. The molecule has 0 spiro atoms. The summed E-state index contributed by atoms with van der Waals surface area (Å²) in [6, 6.07) is 15.7. The van der Waals surface area contributed by atoms with Crippen molar-refractivity contribution in [2.45, 2.75) is 30.4 Å². The van der Waals surface area contributed by atoms with Gasteiger partial charge in [-0.1, -0.05) is 44.2 Å². The van der Waals surface area contributed by atoms with Gasteiger partial charge in [0.05, 0.1) is 11.3 Å². The van der Waals surface area contributed by atoms with E-state index in [0.29, 0.717) is 5.25 Å². The molecule has 0 radical (unpaired) electrons. The molecule has 0 aliphatic heterocycles. The second-order valence-corrected chi connectivity index (χ2v) is 7.30. The van der Waals surface area contributed by atoms with Crippen molar-refractivity contribution >= 4 is 29.6 Å². The van der Waals surface area contributed by atoms with Crippen molar-refractivity contribution in [2.75, 3.05) is 14.1 Å². The number of hydrogen-bond acceptors (Lipinski definition) is 3. The molecule has 2 aromatic rings. The van der Waals surface area contributed by atoms with Crippen LogP contribution in [0.5, 0.6) is 0 Å². The van der Waals surface area contributed by atoms with Gasteiger partial charge in [0.15, 0.2) is 0 Å². The Morgan fingerprint density at radius 2 is 1.88 bits per heavy atom. The zero-order valence-electron chi connectivity index (χ0n) is 14.7. The Morgan fingerprint density at radius 1 is 1.17 bits per heavy atom. The van der Waals surface area contributed by atoms with E-state index < -0.39 is 0 Å². The molecular formula is C20H24N2OS. The van der Waals surface area contributed by atoms with Gasteiger partial charge >= 0.3 is 0 Å². The number of benzene rings is 2. The lowest BCUT2D eigenvalue weighted by Gasteiger charge is -2.17. The van der Waals surface area contributed by atoms with Gasteiger partial charge in [0.25, 0.3) is 5.91 Å². The Kier molecular flexibility index (Phi) is 6.62. The van der Waals surface area contributed by atoms with Crippen LogP contribution >= 0.6 is 11.8 Å². The van der Waals surface area contributed by atoms with Crippen LogP contribution in [0.2, 0.25) is 0 Å². The highest BCUT2D eigenvalue weighted by atomic mass is 32.2. The van der Waals surface area contributed by atoms with Gasteiger partial charge < -0.3 is 4.90 Å². The lowest BCUT2D eigenvalue weighted by atomic mass is 10.1. The Balaban J connectivity index is 2.44. The minimum absolute atomic E-state index is 0.0239. The van der Waals surface area contributed by atoms with Crippen LogP contribution in [0.3, 0.4) is 0 Å². The van der Waals surface area contributed by atoms with Crippen molar-refractivity contribution in [3.63, 3.8) is 0 Å². The third-order valence-corrected chi connectivity index (χ3v) is 5.11. The number of rotatable bonds is 6. The minimum Gasteiger partial charge on any atom is -0.345 e. The number of nitrogens with zero attached hydrogens (tertiary/aromatic N) is 2. The van der Waals surface area contributed by atoms with Crippen LogP contribution in [-0.4, -0.2) is 36.4 Å². The van der Waals surface area contributed by atoms with Crippen LogP contribution < -0.4 is 0 Å². The SMILES string of the molecule is CCC(C)Sc1c(C=Nc2ccccc2)cccc1C(=O)N(C)C. The number of carbonyl (C=O) groups excluding carboxylic acids is 1. The van der Waals surface area contributed by atoms with Crippen LogP contribution in [-0.2, 0) is 0 Å². The standard InChI is InChI=1S/C20H24N2OS/c1-5-15(2)24-19-16(14-21-17-11-7-6-8-12-17)10-9-13-18(19)20(23)22(3)4/h6-15H,5H2,1-4H3. The van der Waals surface area contributed by atoms with Crippen LogP contribution in [0.25, 0.3) is 0 Å². The number of para-hydroxylation sites is 1. The van der Waals surface area contributed by atoms with Crippen molar-refractivity contribution in [2.24, 2.45) is 4.99 Å². The molecule has 1 unspecified atom stereocenters. The predicted molar refractivity (Wildman–Crippen MR) is 104 cm³/mol. The fourth-order valence-corrected chi connectivity index (χ4v) is 3.25. The summed E-state index contributed by atoms with van der Waals surface area (Å²) in [4.78, 5) is 19.7. The highest BCUT2D eigenvalue weighted by Gasteiger charge is 2.18. The minimum atomic E-state index is 0.0239. The summed E-state index contributed by atoms with van der Waals surface area (Å²) in [6.45, 7) is 4.34. The molecule has 0 fully saturated rings. The molecule has 0 aliphatic carbocycles. The second kappa shape index (κ2) is 8.69. The Hall–Kier alpha value is -2.07. The van der Waals surface area contributed by atoms with E-state index in [-0.39, 0.29) is 5.91 Å². The Labute approximate surface area is 148 Å². The molecule has 1 atom stereocenters. The van der Waals surface area contributed by atoms with Gasteiger partial charge in [0.2, 0.25) is 0 Å². The number of carbonyl (C=O) groups is 1. The highest BCUT2D eigenvalue weighted by Crippen LogP contribution is 2.32. The monoisotopic (exact) mass is 340 g/mol. The normalized spacial score (nSPS) is 12.3. The highest BCUT2D eigenvalue weighted by molar-refractivity contribution is 8.00. The van der Waals surface area contributed by atoms with E-state index in [1.807, 2.05) is 54.7 Å². The number of aliphatic imine (C=N–C) groups is 1. The molecule has 1 amide bonds. The van der Waals surface area contributed by atoms with Gasteiger partial charge in [-0.25, -0.2) is 0 Å². The maximum atomic E-state index is 12.5. The Bertz CT molecular complexity index is 711. The van der Waals surface area contributed by atoms with E-state index in [2.05, 4.69) is 18.8 Å². The van der Waals surface area contributed by atoms with E-state index >= 15 is 0 Å². The van der Waals surface area contributed by atoms with Crippen molar-refractivity contribution in [3.05, 3.63) is 59.7 Å². The Morgan fingerprint density at radius 3 is 2.50 bits per heavy atom. The third-order valence-electron chi connectivity index (χ3n) is 3.68. The third kappa shape index (κ3) is 4.71. The van der Waals surface area contributed by atoms with Gasteiger partial charge in [-0.2, -0.15) is 0 Å². The first-order valence-electron chi connectivity index (χ1n) is 8.13.